The van der Waals surface area contributed by atoms with Gasteiger partial charge < -0.3 is 4.74 Å². The molecule has 0 fully saturated rings. The lowest BCUT2D eigenvalue weighted by molar-refractivity contribution is 0.111. The van der Waals surface area contributed by atoms with Gasteiger partial charge in [-0.05, 0) is 36.8 Å². The van der Waals surface area contributed by atoms with Gasteiger partial charge in [-0.2, -0.15) is 0 Å². The number of hydrogen-bond acceptors (Lipinski definition) is 2. The Bertz CT molecular complexity index is 609. The SMILES string of the molecule is Cc1cccc(C=O)c1OCc1cc(F)ccc1F. The van der Waals surface area contributed by atoms with Gasteiger partial charge in [-0.1, -0.05) is 12.1 Å². The van der Waals surface area contributed by atoms with E-state index in [1.807, 2.05) is 0 Å². The third kappa shape index (κ3) is 2.96. The Labute approximate surface area is 109 Å². The van der Waals surface area contributed by atoms with Crippen LogP contribution >= 0.6 is 0 Å². The summed E-state index contributed by atoms with van der Waals surface area (Å²) in [7, 11) is 0. The monoisotopic (exact) mass is 262 g/mol. The van der Waals surface area contributed by atoms with Gasteiger partial charge in [0.15, 0.2) is 6.29 Å². The van der Waals surface area contributed by atoms with Gasteiger partial charge in [0, 0.05) is 5.56 Å². The van der Waals surface area contributed by atoms with Crippen molar-refractivity contribution >= 4 is 6.29 Å². The van der Waals surface area contributed by atoms with Crippen LogP contribution in [0, 0.1) is 18.6 Å². The van der Waals surface area contributed by atoms with E-state index in [0.29, 0.717) is 17.6 Å². The summed E-state index contributed by atoms with van der Waals surface area (Å²) in [6.07, 6.45) is 0.671. The normalized spacial score (nSPS) is 10.3. The van der Waals surface area contributed by atoms with Gasteiger partial charge in [-0.3, -0.25) is 4.79 Å². The molecule has 0 amide bonds. The van der Waals surface area contributed by atoms with Crippen LogP contribution in [0.4, 0.5) is 8.78 Å². The number of aryl methyl sites for hydroxylation is 1. The van der Waals surface area contributed by atoms with Gasteiger partial charge >= 0.3 is 0 Å². The molecule has 0 N–H and O–H groups in total. The van der Waals surface area contributed by atoms with Crippen molar-refractivity contribution in [3.05, 3.63) is 64.7 Å². The predicted octanol–water partition coefficient (Wildman–Crippen LogP) is 3.66. The van der Waals surface area contributed by atoms with Crippen molar-refractivity contribution in [2.24, 2.45) is 0 Å². The van der Waals surface area contributed by atoms with Crippen molar-refractivity contribution in [3.8, 4) is 5.75 Å². The maximum absolute atomic E-state index is 13.4. The molecule has 2 aromatic rings. The first kappa shape index (κ1) is 13.2. The lowest BCUT2D eigenvalue weighted by Gasteiger charge is -2.11. The second-order valence-electron chi connectivity index (χ2n) is 4.14. The quantitative estimate of drug-likeness (QED) is 0.786. The molecule has 0 aliphatic heterocycles. The number of rotatable bonds is 4. The molecule has 0 spiro atoms. The van der Waals surface area contributed by atoms with Crippen molar-refractivity contribution in [1.29, 1.82) is 0 Å². The van der Waals surface area contributed by atoms with Gasteiger partial charge in [0.25, 0.3) is 0 Å². The van der Waals surface area contributed by atoms with Crippen molar-refractivity contribution in [1.82, 2.24) is 0 Å². The molecule has 0 heterocycles. The fraction of sp³-hybridized carbons (Fsp3) is 0.133. The Morgan fingerprint density at radius 3 is 2.74 bits per heavy atom. The fourth-order valence-corrected chi connectivity index (χ4v) is 1.77. The number of carbonyl (C=O) groups is 1. The number of halogens is 2. The summed E-state index contributed by atoms with van der Waals surface area (Å²) in [4.78, 5) is 10.9. The van der Waals surface area contributed by atoms with Crippen LogP contribution in [0.3, 0.4) is 0 Å². The zero-order valence-corrected chi connectivity index (χ0v) is 10.3. The maximum atomic E-state index is 13.4. The van der Waals surface area contributed by atoms with Gasteiger partial charge in [0.1, 0.15) is 24.0 Å². The average Bonchev–Trinajstić information content (AvgIpc) is 2.40. The first-order valence-corrected chi connectivity index (χ1v) is 5.73. The Balaban J connectivity index is 2.23. The molecular weight excluding hydrogens is 250 g/mol. The minimum Gasteiger partial charge on any atom is -0.488 e. The second-order valence-corrected chi connectivity index (χ2v) is 4.14. The van der Waals surface area contributed by atoms with E-state index in [1.165, 1.54) is 0 Å². The lowest BCUT2D eigenvalue weighted by Crippen LogP contribution is -2.02. The Morgan fingerprint density at radius 1 is 1.21 bits per heavy atom. The number of carbonyl (C=O) groups excluding carboxylic acids is 1. The minimum absolute atomic E-state index is 0.111. The van der Waals surface area contributed by atoms with Crippen molar-refractivity contribution in [3.63, 3.8) is 0 Å². The summed E-state index contributed by atoms with van der Waals surface area (Å²) >= 11 is 0. The predicted molar refractivity (Wildman–Crippen MR) is 67.3 cm³/mol. The topological polar surface area (TPSA) is 26.3 Å². The molecule has 4 heteroatoms. The van der Waals surface area contributed by atoms with Crippen LogP contribution in [0.2, 0.25) is 0 Å². The molecule has 0 saturated heterocycles. The second kappa shape index (κ2) is 5.61. The van der Waals surface area contributed by atoms with Gasteiger partial charge in [0.05, 0.1) is 5.56 Å². The summed E-state index contributed by atoms with van der Waals surface area (Å²) in [6, 6.07) is 8.29. The fourth-order valence-electron chi connectivity index (χ4n) is 1.77. The number of benzene rings is 2. The summed E-state index contributed by atoms with van der Waals surface area (Å²) in [5.74, 6) is -0.677. The first-order chi connectivity index (χ1) is 9.11. The molecule has 0 aliphatic carbocycles. The highest BCUT2D eigenvalue weighted by Gasteiger charge is 2.09. The van der Waals surface area contributed by atoms with Gasteiger partial charge in [-0.25, -0.2) is 8.78 Å². The molecule has 98 valence electrons. The highest BCUT2D eigenvalue weighted by Crippen LogP contribution is 2.23. The van der Waals surface area contributed by atoms with Crippen LogP contribution in [0.15, 0.2) is 36.4 Å². The van der Waals surface area contributed by atoms with Crippen LogP contribution in [0.5, 0.6) is 5.75 Å². The number of para-hydroxylation sites is 1. The number of aldehydes is 1. The van der Waals surface area contributed by atoms with Crippen molar-refractivity contribution in [2.75, 3.05) is 0 Å². The zero-order chi connectivity index (χ0) is 13.8. The molecule has 2 aromatic carbocycles. The third-order valence-corrected chi connectivity index (χ3v) is 2.75. The highest BCUT2D eigenvalue weighted by molar-refractivity contribution is 5.80. The molecule has 0 unspecified atom stereocenters. The van der Waals surface area contributed by atoms with Crippen LogP contribution < -0.4 is 4.74 Å². The van der Waals surface area contributed by atoms with Crippen molar-refractivity contribution < 1.29 is 18.3 Å². The summed E-state index contributed by atoms with van der Waals surface area (Å²) in [5.41, 5.74) is 1.26. The maximum Gasteiger partial charge on any atom is 0.153 e. The van der Waals surface area contributed by atoms with Crippen LogP contribution in [-0.4, -0.2) is 6.29 Å². The lowest BCUT2D eigenvalue weighted by atomic mass is 10.1. The van der Waals surface area contributed by atoms with E-state index in [-0.39, 0.29) is 12.2 Å². The van der Waals surface area contributed by atoms with Crippen LogP contribution in [-0.2, 0) is 6.61 Å². The molecular formula is C15H12F2O2. The van der Waals surface area contributed by atoms with E-state index in [1.54, 1.807) is 25.1 Å². The molecule has 0 atom stereocenters. The van der Waals surface area contributed by atoms with Crippen LogP contribution in [0.25, 0.3) is 0 Å². The van der Waals surface area contributed by atoms with E-state index in [0.717, 1.165) is 23.8 Å². The number of hydrogen-bond donors (Lipinski definition) is 0. The molecule has 0 radical (unpaired) electrons. The third-order valence-electron chi connectivity index (χ3n) is 2.75. The van der Waals surface area contributed by atoms with E-state index in [4.69, 9.17) is 4.74 Å². The molecule has 19 heavy (non-hydrogen) atoms. The van der Waals surface area contributed by atoms with Crippen LogP contribution in [0.1, 0.15) is 21.5 Å². The largest absolute Gasteiger partial charge is 0.488 e. The molecule has 2 nitrogen and oxygen atoms in total. The first-order valence-electron chi connectivity index (χ1n) is 5.73. The minimum atomic E-state index is -0.539. The molecule has 0 aromatic heterocycles. The highest BCUT2D eigenvalue weighted by atomic mass is 19.1. The molecule has 0 bridgehead atoms. The summed E-state index contributed by atoms with van der Waals surface area (Å²) < 4.78 is 31.9. The summed E-state index contributed by atoms with van der Waals surface area (Å²) in [6.45, 7) is 1.65. The smallest absolute Gasteiger partial charge is 0.153 e. The van der Waals surface area contributed by atoms with E-state index < -0.39 is 11.6 Å². The standard InChI is InChI=1S/C15H12F2O2/c1-10-3-2-4-11(8-18)15(10)19-9-12-7-13(16)5-6-14(12)17/h2-8H,9H2,1H3. The Morgan fingerprint density at radius 2 is 2.00 bits per heavy atom. The van der Waals surface area contributed by atoms with Gasteiger partial charge in [-0.15, -0.1) is 0 Å². The van der Waals surface area contributed by atoms with Gasteiger partial charge in [0.2, 0.25) is 0 Å². The molecule has 2 rings (SSSR count). The zero-order valence-electron chi connectivity index (χ0n) is 10.3. The van der Waals surface area contributed by atoms with E-state index in [2.05, 4.69) is 0 Å². The van der Waals surface area contributed by atoms with E-state index >= 15 is 0 Å². The Kier molecular flexibility index (Phi) is 3.90. The molecule has 0 saturated carbocycles. The number of ether oxygens (including phenoxy) is 1. The van der Waals surface area contributed by atoms with Crippen molar-refractivity contribution in [2.45, 2.75) is 13.5 Å². The summed E-state index contributed by atoms with van der Waals surface area (Å²) in [5, 5.41) is 0. The average molecular weight is 262 g/mol. The molecule has 0 aliphatic rings. The Hall–Kier alpha value is -2.23. The van der Waals surface area contributed by atoms with E-state index in [9.17, 15) is 13.6 Å².